The molecule has 0 atom stereocenters. The Labute approximate surface area is 115 Å². The van der Waals surface area contributed by atoms with Gasteiger partial charge in [0, 0.05) is 17.6 Å². The van der Waals surface area contributed by atoms with Gasteiger partial charge in [0.05, 0.1) is 5.69 Å². The summed E-state index contributed by atoms with van der Waals surface area (Å²) in [6, 6.07) is 5.38. The monoisotopic (exact) mass is 312 g/mol. The van der Waals surface area contributed by atoms with Gasteiger partial charge in [-0.05, 0) is 37.5 Å². The highest BCUT2D eigenvalue weighted by Gasteiger charge is 2.17. The fourth-order valence-electron chi connectivity index (χ4n) is 2.02. The zero-order valence-corrected chi connectivity index (χ0v) is 11.8. The second-order valence-corrected chi connectivity index (χ2v) is 5.33. The molecule has 18 heavy (non-hydrogen) atoms. The van der Waals surface area contributed by atoms with Gasteiger partial charge in [-0.15, -0.1) is 0 Å². The van der Waals surface area contributed by atoms with Crippen LogP contribution in [0.3, 0.4) is 0 Å². The molecule has 1 aromatic carbocycles. The van der Waals surface area contributed by atoms with Gasteiger partial charge in [0.25, 0.3) is 5.91 Å². The molecule has 2 N–H and O–H groups in total. The van der Waals surface area contributed by atoms with E-state index >= 15 is 0 Å². The summed E-state index contributed by atoms with van der Waals surface area (Å²) in [6.45, 7) is 1.75. The van der Waals surface area contributed by atoms with E-state index in [-0.39, 0.29) is 12.5 Å². The van der Waals surface area contributed by atoms with Gasteiger partial charge in [0.1, 0.15) is 5.75 Å². The Morgan fingerprint density at radius 2 is 2.06 bits per heavy atom. The molecule has 98 valence electrons. The number of hydrogen-bond donors (Lipinski definition) is 1. The number of rotatable bonds is 3. The Kier molecular flexibility index (Phi) is 4.47. The van der Waals surface area contributed by atoms with Crippen molar-refractivity contribution in [2.24, 2.45) is 0 Å². The number of carbonyl (C=O) groups excluding carboxylic acids is 1. The average Bonchev–Trinajstić information content (AvgIpc) is 2.38. The van der Waals surface area contributed by atoms with E-state index in [1.54, 1.807) is 12.1 Å². The number of amides is 1. The molecule has 1 amide bonds. The first-order chi connectivity index (χ1) is 8.66. The van der Waals surface area contributed by atoms with Crippen molar-refractivity contribution in [2.75, 3.05) is 25.4 Å². The van der Waals surface area contributed by atoms with Crippen molar-refractivity contribution in [3.63, 3.8) is 0 Å². The van der Waals surface area contributed by atoms with Crippen LogP contribution in [0.1, 0.15) is 19.3 Å². The summed E-state index contributed by atoms with van der Waals surface area (Å²) in [4.78, 5) is 13.8. The van der Waals surface area contributed by atoms with Gasteiger partial charge in [-0.3, -0.25) is 4.79 Å². The first-order valence-electron chi connectivity index (χ1n) is 6.12. The molecule has 0 spiro atoms. The molecule has 2 rings (SSSR count). The smallest absolute Gasteiger partial charge is 0.260 e. The SMILES string of the molecule is Nc1cc(Br)ccc1OCC(=O)N1CCCCC1. The summed E-state index contributed by atoms with van der Waals surface area (Å²) in [5, 5.41) is 0. The Bertz CT molecular complexity index is 431. The van der Waals surface area contributed by atoms with Crippen LogP contribution in [0.2, 0.25) is 0 Å². The summed E-state index contributed by atoms with van der Waals surface area (Å²) >= 11 is 3.33. The van der Waals surface area contributed by atoms with E-state index in [4.69, 9.17) is 10.5 Å². The van der Waals surface area contributed by atoms with Crippen LogP contribution in [0.25, 0.3) is 0 Å². The van der Waals surface area contributed by atoms with Crippen LogP contribution in [0.5, 0.6) is 5.75 Å². The molecule has 0 radical (unpaired) electrons. The Morgan fingerprint density at radius 3 is 2.72 bits per heavy atom. The molecule has 1 heterocycles. The fraction of sp³-hybridized carbons (Fsp3) is 0.462. The lowest BCUT2D eigenvalue weighted by Gasteiger charge is -2.26. The number of nitrogens with zero attached hydrogens (tertiary/aromatic N) is 1. The van der Waals surface area contributed by atoms with Crippen LogP contribution >= 0.6 is 15.9 Å². The molecule has 1 fully saturated rings. The average molecular weight is 313 g/mol. The number of ether oxygens (including phenoxy) is 1. The van der Waals surface area contributed by atoms with Crippen molar-refractivity contribution in [3.8, 4) is 5.75 Å². The molecule has 1 aliphatic heterocycles. The summed E-state index contributed by atoms with van der Waals surface area (Å²) in [6.07, 6.45) is 3.39. The number of halogens is 1. The van der Waals surface area contributed by atoms with Crippen LogP contribution in [-0.4, -0.2) is 30.5 Å². The van der Waals surface area contributed by atoms with Gasteiger partial charge in [0.15, 0.2) is 6.61 Å². The van der Waals surface area contributed by atoms with Crippen LogP contribution < -0.4 is 10.5 Å². The van der Waals surface area contributed by atoms with Crippen molar-refractivity contribution in [3.05, 3.63) is 22.7 Å². The molecular weight excluding hydrogens is 296 g/mol. The van der Waals surface area contributed by atoms with Crippen molar-refractivity contribution in [1.29, 1.82) is 0 Å². The first-order valence-corrected chi connectivity index (χ1v) is 6.92. The Morgan fingerprint density at radius 1 is 1.33 bits per heavy atom. The largest absolute Gasteiger partial charge is 0.482 e. The minimum absolute atomic E-state index is 0.0389. The lowest BCUT2D eigenvalue weighted by Crippen LogP contribution is -2.38. The van der Waals surface area contributed by atoms with E-state index in [0.717, 1.165) is 30.4 Å². The molecule has 0 aromatic heterocycles. The molecule has 0 aliphatic carbocycles. The lowest BCUT2D eigenvalue weighted by molar-refractivity contribution is -0.134. The van der Waals surface area contributed by atoms with E-state index in [0.29, 0.717) is 11.4 Å². The third-order valence-electron chi connectivity index (χ3n) is 3.03. The highest BCUT2D eigenvalue weighted by molar-refractivity contribution is 9.10. The summed E-state index contributed by atoms with van der Waals surface area (Å²) in [5.41, 5.74) is 6.34. The molecule has 4 nitrogen and oxygen atoms in total. The van der Waals surface area contributed by atoms with Crippen LogP contribution in [0.4, 0.5) is 5.69 Å². The van der Waals surface area contributed by atoms with Crippen LogP contribution in [-0.2, 0) is 4.79 Å². The third-order valence-corrected chi connectivity index (χ3v) is 3.53. The quantitative estimate of drug-likeness (QED) is 0.872. The van der Waals surface area contributed by atoms with E-state index < -0.39 is 0 Å². The number of likely N-dealkylation sites (tertiary alicyclic amines) is 1. The van der Waals surface area contributed by atoms with Crippen LogP contribution in [0, 0.1) is 0 Å². The summed E-state index contributed by atoms with van der Waals surface area (Å²) in [7, 11) is 0. The second-order valence-electron chi connectivity index (χ2n) is 4.41. The Balaban J connectivity index is 1.88. The second kappa shape index (κ2) is 6.09. The van der Waals surface area contributed by atoms with Gasteiger partial charge >= 0.3 is 0 Å². The van der Waals surface area contributed by atoms with E-state index in [1.807, 2.05) is 11.0 Å². The van der Waals surface area contributed by atoms with Crippen molar-refractivity contribution in [1.82, 2.24) is 4.90 Å². The minimum atomic E-state index is 0.0389. The highest BCUT2D eigenvalue weighted by Crippen LogP contribution is 2.25. The number of hydrogen-bond acceptors (Lipinski definition) is 3. The topological polar surface area (TPSA) is 55.6 Å². The van der Waals surface area contributed by atoms with Crippen molar-refractivity contribution in [2.45, 2.75) is 19.3 Å². The number of piperidine rings is 1. The summed E-state index contributed by atoms with van der Waals surface area (Å²) in [5.74, 6) is 0.598. The summed E-state index contributed by atoms with van der Waals surface area (Å²) < 4.78 is 6.37. The van der Waals surface area contributed by atoms with Gasteiger partial charge in [-0.2, -0.15) is 0 Å². The number of nitrogens with two attached hydrogens (primary N) is 1. The van der Waals surface area contributed by atoms with Crippen LogP contribution in [0.15, 0.2) is 22.7 Å². The normalized spacial score (nSPS) is 15.5. The van der Waals surface area contributed by atoms with E-state index in [2.05, 4.69) is 15.9 Å². The zero-order chi connectivity index (χ0) is 13.0. The number of benzene rings is 1. The fourth-order valence-corrected chi connectivity index (χ4v) is 2.40. The Hall–Kier alpha value is -1.23. The molecule has 1 saturated heterocycles. The number of carbonyl (C=O) groups is 1. The van der Waals surface area contributed by atoms with Gasteiger partial charge in [-0.25, -0.2) is 0 Å². The molecule has 0 unspecified atom stereocenters. The number of nitrogen functional groups attached to an aromatic ring is 1. The first kappa shape index (κ1) is 13.2. The number of anilines is 1. The maximum atomic E-state index is 11.9. The molecular formula is C13H17BrN2O2. The standard InChI is InChI=1S/C13H17BrN2O2/c14-10-4-5-12(11(15)8-10)18-9-13(17)16-6-2-1-3-7-16/h4-5,8H,1-3,6-7,9,15H2. The maximum absolute atomic E-state index is 11.9. The predicted molar refractivity (Wildman–Crippen MR) is 74.5 cm³/mol. The van der Waals surface area contributed by atoms with Gasteiger partial charge in [-0.1, -0.05) is 15.9 Å². The predicted octanol–water partition coefficient (Wildman–Crippen LogP) is 2.42. The third kappa shape index (κ3) is 3.38. The van der Waals surface area contributed by atoms with Gasteiger partial charge in [0.2, 0.25) is 0 Å². The molecule has 1 aromatic rings. The molecule has 0 bridgehead atoms. The van der Waals surface area contributed by atoms with Crippen molar-refractivity contribution >= 4 is 27.5 Å². The van der Waals surface area contributed by atoms with E-state index in [9.17, 15) is 4.79 Å². The molecule has 5 heteroatoms. The lowest BCUT2D eigenvalue weighted by atomic mass is 10.1. The van der Waals surface area contributed by atoms with Crippen molar-refractivity contribution < 1.29 is 9.53 Å². The maximum Gasteiger partial charge on any atom is 0.260 e. The highest BCUT2D eigenvalue weighted by atomic mass is 79.9. The molecule has 1 aliphatic rings. The molecule has 0 saturated carbocycles. The van der Waals surface area contributed by atoms with Gasteiger partial charge < -0.3 is 15.4 Å². The minimum Gasteiger partial charge on any atom is -0.482 e. The zero-order valence-electron chi connectivity index (χ0n) is 10.2. The van der Waals surface area contributed by atoms with E-state index in [1.165, 1.54) is 6.42 Å².